The average molecular weight is 310 g/mol. The highest BCUT2D eigenvalue weighted by Crippen LogP contribution is 2.36. The van der Waals surface area contributed by atoms with E-state index in [1.807, 2.05) is 6.07 Å². The molecule has 2 aromatic carbocycles. The lowest BCUT2D eigenvalue weighted by molar-refractivity contribution is -0.167. The van der Waals surface area contributed by atoms with Crippen molar-refractivity contribution >= 4 is 11.6 Å². The number of hydrogen-bond donors (Lipinski definition) is 2. The van der Waals surface area contributed by atoms with Gasteiger partial charge in [0.05, 0.1) is 0 Å². The van der Waals surface area contributed by atoms with Crippen molar-refractivity contribution in [1.29, 1.82) is 0 Å². The van der Waals surface area contributed by atoms with Crippen molar-refractivity contribution in [2.45, 2.75) is 25.2 Å². The minimum Gasteiger partial charge on any atom is -0.378 e. The Morgan fingerprint density at radius 1 is 1.13 bits per heavy atom. The number of rotatable bonds is 3. The first-order chi connectivity index (χ1) is 11.0. The van der Waals surface area contributed by atoms with Crippen LogP contribution in [-0.2, 0) is 10.5 Å². The fourth-order valence-corrected chi connectivity index (χ4v) is 2.78. The van der Waals surface area contributed by atoms with Crippen molar-refractivity contribution in [2.75, 3.05) is 0 Å². The van der Waals surface area contributed by atoms with E-state index in [1.165, 1.54) is 0 Å². The van der Waals surface area contributed by atoms with Gasteiger partial charge in [0.2, 0.25) is 0 Å². The molecule has 0 spiro atoms. The molecule has 0 bridgehead atoms. The summed E-state index contributed by atoms with van der Waals surface area (Å²) >= 11 is 0. The van der Waals surface area contributed by atoms with Gasteiger partial charge in [-0.1, -0.05) is 60.7 Å². The molecule has 1 aliphatic heterocycles. The number of carbonyl (C=O) groups is 1. The zero-order chi connectivity index (χ0) is 16.4. The molecule has 5 nitrogen and oxygen atoms in total. The summed E-state index contributed by atoms with van der Waals surface area (Å²) < 4.78 is 0. The lowest BCUT2D eigenvalue weighted by Gasteiger charge is -2.32. The SMILES string of the molecule is CC1=NN(C(=O)[C@@H](O)c2ccccc2)[C@@](O)(c2ccccc2)C1. The maximum Gasteiger partial charge on any atom is 0.279 e. The molecule has 0 saturated heterocycles. The zero-order valence-electron chi connectivity index (χ0n) is 12.8. The second-order valence-electron chi connectivity index (χ2n) is 5.66. The van der Waals surface area contributed by atoms with Crippen LogP contribution in [0.3, 0.4) is 0 Å². The molecule has 0 radical (unpaired) electrons. The van der Waals surface area contributed by atoms with E-state index in [2.05, 4.69) is 5.10 Å². The molecule has 5 heteroatoms. The minimum absolute atomic E-state index is 0.213. The van der Waals surface area contributed by atoms with E-state index in [4.69, 9.17) is 0 Å². The van der Waals surface area contributed by atoms with Crippen LogP contribution in [0.5, 0.6) is 0 Å². The molecule has 3 rings (SSSR count). The second kappa shape index (κ2) is 5.95. The Balaban J connectivity index is 1.95. The molecule has 0 aromatic heterocycles. The number of benzene rings is 2. The van der Waals surface area contributed by atoms with Gasteiger partial charge in [-0.25, -0.2) is 0 Å². The second-order valence-corrected chi connectivity index (χ2v) is 5.66. The Morgan fingerprint density at radius 3 is 2.30 bits per heavy atom. The highest BCUT2D eigenvalue weighted by molar-refractivity contribution is 5.90. The third-order valence-electron chi connectivity index (χ3n) is 3.92. The summed E-state index contributed by atoms with van der Waals surface area (Å²) in [5.41, 5.74) is 0.0879. The van der Waals surface area contributed by atoms with Crippen molar-refractivity contribution in [3.05, 3.63) is 71.8 Å². The average Bonchev–Trinajstić information content (AvgIpc) is 2.91. The van der Waals surface area contributed by atoms with Crippen LogP contribution in [0, 0.1) is 0 Å². The van der Waals surface area contributed by atoms with Crippen molar-refractivity contribution < 1.29 is 15.0 Å². The van der Waals surface area contributed by atoms with Crippen LogP contribution in [0.1, 0.15) is 30.6 Å². The molecule has 0 saturated carbocycles. The quantitative estimate of drug-likeness (QED) is 0.912. The third-order valence-corrected chi connectivity index (χ3v) is 3.92. The third kappa shape index (κ3) is 2.76. The van der Waals surface area contributed by atoms with Gasteiger partial charge in [-0.3, -0.25) is 4.79 Å². The molecule has 1 aliphatic rings. The number of hydrazone groups is 1. The molecule has 0 unspecified atom stereocenters. The Morgan fingerprint density at radius 2 is 1.70 bits per heavy atom. The number of amides is 1. The van der Waals surface area contributed by atoms with Gasteiger partial charge in [0.25, 0.3) is 5.91 Å². The van der Waals surface area contributed by atoms with Gasteiger partial charge in [0, 0.05) is 17.7 Å². The fraction of sp³-hybridized carbons (Fsp3) is 0.222. The smallest absolute Gasteiger partial charge is 0.279 e. The van der Waals surface area contributed by atoms with E-state index in [-0.39, 0.29) is 6.42 Å². The molecule has 23 heavy (non-hydrogen) atoms. The van der Waals surface area contributed by atoms with Gasteiger partial charge in [0.1, 0.15) is 0 Å². The van der Waals surface area contributed by atoms with Crippen molar-refractivity contribution in [2.24, 2.45) is 5.10 Å². The lowest BCUT2D eigenvalue weighted by Crippen LogP contribution is -2.45. The summed E-state index contributed by atoms with van der Waals surface area (Å²) in [6, 6.07) is 17.5. The van der Waals surface area contributed by atoms with Crippen molar-refractivity contribution in [1.82, 2.24) is 5.01 Å². The first-order valence-electron chi connectivity index (χ1n) is 7.41. The van der Waals surface area contributed by atoms with E-state index >= 15 is 0 Å². The van der Waals surface area contributed by atoms with Gasteiger partial charge >= 0.3 is 0 Å². The van der Waals surface area contributed by atoms with Crippen LogP contribution in [0.15, 0.2) is 65.8 Å². The monoisotopic (exact) mass is 310 g/mol. The topological polar surface area (TPSA) is 73.1 Å². The van der Waals surface area contributed by atoms with Gasteiger partial charge in [0.15, 0.2) is 11.8 Å². The molecule has 0 fully saturated rings. The summed E-state index contributed by atoms with van der Waals surface area (Å²) in [6.45, 7) is 1.75. The predicted molar refractivity (Wildman–Crippen MR) is 86.3 cm³/mol. The number of nitrogens with zero attached hydrogens (tertiary/aromatic N) is 2. The van der Waals surface area contributed by atoms with E-state index in [1.54, 1.807) is 61.5 Å². The maximum absolute atomic E-state index is 12.7. The first-order valence-corrected chi connectivity index (χ1v) is 7.41. The van der Waals surface area contributed by atoms with E-state index in [0.29, 0.717) is 16.8 Å². The van der Waals surface area contributed by atoms with Gasteiger partial charge < -0.3 is 10.2 Å². The molecular formula is C18H18N2O3. The molecule has 118 valence electrons. The summed E-state index contributed by atoms with van der Waals surface area (Å²) in [5, 5.41) is 26.5. The summed E-state index contributed by atoms with van der Waals surface area (Å²) in [5.74, 6) is -0.653. The van der Waals surface area contributed by atoms with Crippen LogP contribution in [0.2, 0.25) is 0 Å². The maximum atomic E-state index is 12.7. The number of carbonyl (C=O) groups excluding carboxylic acids is 1. The van der Waals surface area contributed by atoms with Crippen LogP contribution in [0.25, 0.3) is 0 Å². The highest BCUT2D eigenvalue weighted by atomic mass is 16.3. The Hall–Kier alpha value is -2.50. The fourth-order valence-electron chi connectivity index (χ4n) is 2.78. The van der Waals surface area contributed by atoms with E-state index in [0.717, 1.165) is 5.01 Å². The largest absolute Gasteiger partial charge is 0.378 e. The molecule has 2 N–H and O–H groups in total. The highest BCUT2D eigenvalue weighted by Gasteiger charge is 2.46. The number of hydrogen-bond acceptors (Lipinski definition) is 4. The summed E-state index contributed by atoms with van der Waals surface area (Å²) in [7, 11) is 0. The Kier molecular flexibility index (Phi) is 3.98. The van der Waals surface area contributed by atoms with Gasteiger partial charge in [-0.2, -0.15) is 10.1 Å². The lowest BCUT2D eigenvalue weighted by atomic mass is 9.97. The standard InChI is InChI=1S/C18H18N2O3/c1-13-12-18(23,15-10-6-3-7-11-15)20(19-13)17(22)16(21)14-8-4-2-5-9-14/h2-11,16,21,23H,12H2,1H3/t16-,18-/m0/s1. The van der Waals surface area contributed by atoms with Gasteiger partial charge in [-0.05, 0) is 12.5 Å². The van der Waals surface area contributed by atoms with E-state index in [9.17, 15) is 15.0 Å². The molecule has 1 amide bonds. The normalized spacial score (nSPS) is 21.9. The Labute approximate surface area is 134 Å². The molecule has 1 heterocycles. The molecular weight excluding hydrogens is 292 g/mol. The predicted octanol–water partition coefficient (Wildman–Crippen LogP) is 2.17. The van der Waals surface area contributed by atoms with Crippen molar-refractivity contribution in [3.8, 4) is 0 Å². The number of aliphatic hydroxyl groups excluding tert-OH is 1. The van der Waals surface area contributed by atoms with E-state index < -0.39 is 17.7 Å². The number of aliphatic hydroxyl groups is 2. The van der Waals surface area contributed by atoms with Gasteiger partial charge in [-0.15, -0.1) is 0 Å². The van der Waals surface area contributed by atoms with Crippen molar-refractivity contribution in [3.63, 3.8) is 0 Å². The van der Waals surface area contributed by atoms with Crippen LogP contribution < -0.4 is 0 Å². The first kappa shape index (κ1) is 15.4. The zero-order valence-corrected chi connectivity index (χ0v) is 12.8. The molecule has 2 aromatic rings. The minimum atomic E-state index is -1.57. The van der Waals surface area contributed by atoms with Crippen LogP contribution in [-0.4, -0.2) is 26.8 Å². The summed E-state index contributed by atoms with van der Waals surface area (Å²) in [6.07, 6.45) is -1.16. The van der Waals surface area contributed by atoms with Crippen LogP contribution >= 0.6 is 0 Å². The summed E-state index contributed by atoms with van der Waals surface area (Å²) in [4.78, 5) is 12.7. The Bertz CT molecular complexity index is 730. The molecule has 2 atom stereocenters. The molecule has 0 aliphatic carbocycles. The van der Waals surface area contributed by atoms with Crippen LogP contribution in [0.4, 0.5) is 0 Å².